The van der Waals surface area contributed by atoms with Gasteiger partial charge in [-0.3, -0.25) is 24.0 Å². The fraction of sp³-hybridized carbons (Fsp3) is 0.833. The number of rotatable bonds is 11. The van der Waals surface area contributed by atoms with Crippen LogP contribution in [0.1, 0.15) is 99.8 Å². The van der Waals surface area contributed by atoms with Gasteiger partial charge >= 0.3 is 6.03 Å². The molecule has 0 aromatic rings. The first-order chi connectivity index (χ1) is 22.9. The number of nitrogens with two attached hydrogens (primary N) is 1. The van der Waals surface area contributed by atoms with Crippen molar-refractivity contribution in [1.29, 1.82) is 0 Å². The van der Waals surface area contributed by atoms with Gasteiger partial charge in [-0.2, -0.15) is 0 Å². The number of carbonyl (C=O) groups excluding carboxylic acids is 6. The molecule has 1 unspecified atom stereocenters. The monoisotopic (exact) mass is 685 g/mol. The second-order valence-electron chi connectivity index (χ2n) is 17.4. The molecule has 2 saturated heterocycles. The molecule has 6 amide bonds. The Bertz CT molecular complexity index is 1340. The molecule has 0 aromatic carbocycles. The molecule has 5 rings (SSSR count). The van der Waals surface area contributed by atoms with Crippen molar-refractivity contribution in [2.45, 2.75) is 124 Å². The maximum Gasteiger partial charge on any atom is 0.316 e. The van der Waals surface area contributed by atoms with E-state index >= 15 is 0 Å². The van der Waals surface area contributed by atoms with Crippen LogP contribution >= 0.6 is 0 Å². The Balaban J connectivity index is 1.38. The number of likely N-dealkylation sites (tertiary alicyclic amines) is 1. The van der Waals surface area contributed by atoms with Crippen molar-refractivity contribution in [2.75, 3.05) is 32.7 Å². The summed E-state index contributed by atoms with van der Waals surface area (Å²) in [5.74, 6) is -2.89. The molecule has 13 nitrogen and oxygen atoms in total. The minimum absolute atomic E-state index is 0.0266. The van der Waals surface area contributed by atoms with Crippen LogP contribution in [0.2, 0.25) is 0 Å². The van der Waals surface area contributed by atoms with E-state index < -0.39 is 53.2 Å². The van der Waals surface area contributed by atoms with E-state index in [9.17, 15) is 28.8 Å². The topological polar surface area (TPSA) is 183 Å². The van der Waals surface area contributed by atoms with Crippen molar-refractivity contribution < 1.29 is 28.8 Å². The summed E-state index contributed by atoms with van der Waals surface area (Å²) in [5, 5.41) is 11.8. The molecule has 2 spiro atoms. The van der Waals surface area contributed by atoms with E-state index in [1.807, 2.05) is 34.6 Å². The molecular weight excluding hydrogens is 626 g/mol. The summed E-state index contributed by atoms with van der Waals surface area (Å²) in [4.78, 5) is 84.2. The predicted octanol–water partition coefficient (Wildman–Crippen LogP) is 1.68. The first kappa shape index (κ1) is 37.0. The number of hydrogen-bond acceptors (Lipinski definition) is 7. The third kappa shape index (κ3) is 6.56. The summed E-state index contributed by atoms with van der Waals surface area (Å²) < 4.78 is 0. The lowest BCUT2D eigenvalue weighted by Gasteiger charge is -2.37. The first-order valence-electron chi connectivity index (χ1n) is 18.4. The lowest BCUT2D eigenvalue weighted by atomic mass is 9.73. The fourth-order valence-corrected chi connectivity index (χ4v) is 9.52. The van der Waals surface area contributed by atoms with Gasteiger partial charge in [-0.1, -0.05) is 74.1 Å². The summed E-state index contributed by atoms with van der Waals surface area (Å²) in [7, 11) is 0. The highest BCUT2D eigenvalue weighted by Gasteiger charge is 2.85. The highest BCUT2D eigenvalue weighted by Crippen LogP contribution is 2.88. The zero-order valence-electron chi connectivity index (χ0n) is 30.6. The van der Waals surface area contributed by atoms with Crippen molar-refractivity contribution in [1.82, 2.24) is 31.1 Å². The smallest absolute Gasteiger partial charge is 0.316 e. The van der Waals surface area contributed by atoms with E-state index in [2.05, 4.69) is 35.1 Å². The summed E-state index contributed by atoms with van der Waals surface area (Å²) in [5.41, 5.74) is 4.30. The third-order valence-corrected chi connectivity index (χ3v) is 13.1. The predicted molar refractivity (Wildman–Crippen MR) is 184 cm³/mol. The molecular formula is C36H59N7O6. The molecule has 3 saturated carbocycles. The fourth-order valence-electron chi connectivity index (χ4n) is 9.52. The van der Waals surface area contributed by atoms with E-state index in [0.717, 1.165) is 38.5 Å². The van der Waals surface area contributed by atoms with Gasteiger partial charge in [0.05, 0.1) is 6.04 Å². The Morgan fingerprint density at radius 1 is 0.898 bits per heavy atom. The molecule has 5 atom stereocenters. The normalized spacial score (nSPS) is 27.5. The number of fused-ring (bicyclic) bond motifs is 1. The quantitative estimate of drug-likeness (QED) is 0.205. The largest absolute Gasteiger partial charge is 0.363 e. The van der Waals surface area contributed by atoms with Crippen LogP contribution in [0.5, 0.6) is 0 Å². The van der Waals surface area contributed by atoms with Crippen molar-refractivity contribution in [3.05, 3.63) is 0 Å². The maximum atomic E-state index is 14.7. The van der Waals surface area contributed by atoms with Crippen LogP contribution < -0.4 is 27.0 Å². The molecule has 0 aromatic heterocycles. The van der Waals surface area contributed by atoms with Gasteiger partial charge in [0.15, 0.2) is 0 Å². The SMILES string of the molecule is CC(C)[C@H](NC(=O)N[C@H](C(=O)N1C[C@]2(C[C@H]1C(=O)NC(CC1CCC1)C(=O)C(N)=O)C(C)(C)C21CCC1)C(C)(C)C)C(=O)N1CCNCC1. The number of ketones is 1. The number of urea groups is 1. The average molecular weight is 686 g/mol. The van der Waals surface area contributed by atoms with E-state index in [-0.39, 0.29) is 39.9 Å². The van der Waals surface area contributed by atoms with E-state index in [1.165, 1.54) is 0 Å². The van der Waals surface area contributed by atoms with Crippen LogP contribution in [0.15, 0.2) is 0 Å². The zero-order valence-corrected chi connectivity index (χ0v) is 30.6. The molecule has 6 N–H and O–H groups in total. The average Bonchev–Trinajstić information content (AvgIpc) is 3.21. The summed E-state index contributed by atoms with van der Waals surface area (Å²) in [6, 6.07) is -4.35. The van der Waals surface area contributed by atoms with Crippen LogP contribution in [0, 0.1) is 33.5 Å². The lowest BCUT2D eigenvalue weighted by molar-refractivity contribution is -0.143. The van der Waals surface area contributed by atoms with Gasteiger partial charge in [0, 0.05) is 38.1 Å². The van der Waals surface area contributed by atoms with Gasteiger partial charge in [-0.25, -0.2) is 4.79 Å². The molecule has 3 aliphatic carbocycles. The van der Waals surface area contributed by atoms with Crippen molar-refractivity contribution in [3.63, 3.8) is 0 Å². The van der Waals surface area contributed by atoms with Gasteiger partial charge in [-0.15, -0.1) is 0 Å². The third-order valence-electron chi connectivity index (χ3n) is 13.1. The molecule has 0 radical (unpaired) electrons. The molecule has 274 valence electrons. The van der Waals surface area contributed by atoms with Crippen molar-refractivity contribution in [2.24, 2.45) is 39.2 Å². The zero-order chi connectivity index (χ0) is 36.1. The van der Waals surface area contributed by atoms with Gasteiger partial charge < -0.3 is 36.8 Å². The molecule has 5 fully saturated rings. The van der Waals surface area contributed by atoms with Crippen LogP contribution in [0.3, 0.4) is 0 Å². The Hall–Kier alpha value is -3.22. The molecule has 0 bridgehead atoms. The minimum Gasteiger partial charge on any atom is -0.363 e. The van der Waals surface area contributed by atoms with Crippen LogP contribution in [0.25, 0.3) is 0 Å². The lowest BCUT2D eigenvalue weighted by Crippen LogP contribution is -2.62. The molecule has 5 aliphatic rings. The number of piperazine rings is 1. The number of primary amides is 1. The first-order valence-corrected chi connectivity index (χ1v) is 18.4. The Morgan fingerprint density at radius 3 is 2.00 bits per heavy atom. The van der Waals surface area contributed by atoms with Gasteiger partial charge in [-0.05, 0) is 53.8 Å². The maximum absolute atomic E-state index is 14.7. The number of amides is 6. The highest BCUT2D eigenvalue weighted by atomic mass is 16.2. The number of hydrogen-bond donors (Lipinski definition) is 5. The van der Waals surface area contributed by atoms with E-state index in [4.69, 9.17) is 5.73 Å². The summed E-state index contributed by atoms with van der Waals surface area (Å²) >= 11 is 0. The molecule has 2 heterocycles. The second kappa shape index (κ2) is 13.5. The highest BCUT2D eigenvalue weighted by molar-refractivity contribution is 6.37. The van der Waals surface area contributed by atoms with E-state index in [0.29, 0.717) is 45.6 Å². The van der Waals surface area contributed by atoms with Gasteiger partial charge in [0.1, 0.15) is 18.1 Å². The Kier molecular flexibility index (Phi) is 10.2. The van der Waals surface area contributed by atoms with E-state index in [1.54, 1.807) is 9.80 Å². The number of Topliss-reactive ketones (excluding diaryl/α,β-unsaturated/α-hetero) is 1. The number of nitrogens with one attached hydrogen (secondary N) is 4. The summed E-state index contributed by atoms with van der Waals surface area (Å²) in [6.45, 7) is 16.6. The Morgan fingerprint density at radius 2 is 1.53 bits per heavy atom. The van der Waals surface area contributed by atoms with Crippen molar-refractivity contribution in [3.8, 4) is 0 Å². The molecule has 13 heteroatoms. The van der Waals surface area contributed by atoms with Gasteiger partial charge in [0.2, 0.25) is 23.5 Å². The number of nitrogens with zero attached hydrogens (tertiary/aromatic N) is 2. The summed E-state index contributed by atoms with van der Waals surface area (Å²) in [6.07, 6.45) is 6.82. The van der Waals surface area contributed by atoms with Crippen LogP contribution in [-0.2, 0) is 24.0 Å². The van der Waals surface area contributed by atoms with Crippen LogP contribution in [-0.4, -0.2) is 102 Å². The standard InChI is InChI=1S/C36H59N7O6/c1-21(2)25(30(47)42-16-14-38-15-17-42)40-32(49)41-27(33(3,4)5)31(48)43-20-36(34(6,7)35(36)12-9-13-35)19-24(43)29(46)39-23(26(44)28(37)45)18-22-10-8-11-22/h21-25,27,38H,8-20H2,1-7H3,(H2,37,45)(H,39,46)(H2,40,41,49)/t23?,24-,25-,27+,36+/m0/s1. The molecule has 2 aliphatic heterocycles. The molecule has 49 heavy (non-hydrogen) atoms. The van der Waals surface area contributed by atoms with Crippen molar-refractivity contribution >= 4 is 35.4 Å². The number of carbonyl (C=O) groups is 6. The second-order valence-corrected chi connectivity index (χ2v) is 17.4. The van der Waals surface area contributed by atoms with Gasteiger partial charge in [0.25, 0.3) is 5.91 Å². The van der Waals surface area contributed by atoms with Crippen LogP contribution in [0.4, 0.5) is 4.79 Å². The Labute approximate surface area is 291 Å². The minimum atomic E-state index is -1.09.